The number of likely N-dealkylation sites (N-methyl/N-ethyl adjacent to an activating group) is 1. The van der Waals surface area contributed by atoms with Crippen LogP contribution in [-0.2, 0) is 9.53 Å². The van der Waals surface area contributed by atoms with E-state index in [4.69, 9.17) is 4.74 Å². The highest BCUT2D eigenvalue weighted by Gasteiger charge is 2.34. The SMILES string of the molecule is CCNC1COCC1C(=O)NC(C)CC1CC1. The third kappa shape index (κ3) is 3.68. The topological polar surface area (TPSA) is 50.4 Å². The molecule has 0 radical (unpaired) electrons. The van der Waals surface area contributed by atoms with E-state index in [1.807, 2.05) is 0 Å². The van der Waals surface area contributed by atoms with Crippen molar-refractivity contribution in [2.45, 2.75) is 45.2 Å². The van der Waals surface area contributed by atoms with Crippen LogP contribution in [0.1, 0.15) is 33.1 Å². The number of hydrogen-bond donors (Lipinski definition) is 2. The van der Waals surface area contributed by atoms with Gasteiger partial charge in [0.25, 0.3) is 0 Å². The lowest BCUT2D eigenvalue weighted by Crippen LogP contribution is -2.46. The summed E-state index contributed by atoms with van der Waals surface area (Å²) in [7, 11) is 0. The molecule has 0 aromatic carbocycles. The molecular formula is C13H24N2O2. The Morgan fingerprint density at radius 2 is 2.18 bits per heavy atom. The van der Waals surface area contributed by atoms with E-state index in [1.165, 1.54) is 12.8 Å². The number of carbonyl (C=O) groups is 1. The number of ether oxygens (including phenoxy) is 1. The number of hydrogen-bond acceptors (Lipinski definition) is 3. The lowest BCUT2D eigenvalue weighted by atomic mass is 10.0. The predicted octanol–water partition coefficient (Wildman–Crippen LogP) is 0.916. The van der Waals surface area contributed by atoms with Crippen molar-refractivity contribution in [3.63, 3.8) is 0 Å². The summed E-state index contributed by atoms with van der Waals surface area (Å²) in [4.78, 5) is 12.1. The van der Waals surface area contributed by atoms with Gasteiger partial charge >= 0.3 is 0 Å². The van der Waals surface area contributed by atoms with Crippen LogP contribution in [0.25, 0.3) is 0 Å². The normalized spacial score (nSPS) is 30.2. The highest BCUT2D eigenvalue weighted by molar-refractivity contribution is 5.80. The van der Waals surface area contributed by atoms with Crippen molar-refractivity contribution in [2.24, 2.45) is 11.8 Å². The van der Waals surface area contributed by atoms with Crippen molar-refractivity contribution in [1.82, 2.24) is 10.6 Å². The summed E-state index contributed by atoms with van der Waals surface area (Å²) >= 11 is 0. The van der Waals surface area contributed by atoms with E-state index in [2.05, 4.69) is 24.5 Å². The zero-order valence-electron chi connectivity index (χ0n) is 10.9. The van der Waals surface area contributed by atoms with Gasteiger partial charge in [0.05, 0.1) is 19.1 Å². The molecule has 2 rings (SSSR count). The maximum Gasteiger partial charge on any atom is 0.227 e. The van der Waals surface area contributed by atoms with Crippen LogP contribution in [-0.4, -0.2) is 37.7 Å². The predicted molar refractivity (Wildman–Crippen MR) is 66.7 cm³/mol. The van der Waals surface area contributed by atoms with Crippen LogP contribution in [0.3, 0.4) is 0 Å². The minimum absolute atomic E-state index is 0.0170. The van der Waals surface area contributed by atoms with Gasteiger partial charge in [-0.1, -0.05) is 19.8 Å². The van der Waals surface area contributed by atoms with Gasteiger partial charge in [0.2, 0.25) is 5.91 Å². The van der Waals surface area contributed by atoms with E-state index in [9.17, 15) is 4.79 Å². The quantitative estimate of drug-likeness (QED) is 0.726. The van der Waals surface area contributed by atoms with Crippen LogP contribution in [0.4, 0.5) is 0 Å². The van der Waals surface area contributed by atoms with Gasteiger partial charge in [-0.05, 0) is 25.8 Å². The molecule has 1 aliphatic heterocycles. The fourth-order valence-corrected chi connectivity index (χ4v) is 2.54. The zero-order valence-corrected chi connectivity index (χ0v) is 10.9. The van der Waals surface area contributed by atoms with Gasteiger partial charge in [-0.3, -0.25) is 4.79 Å². The molecule has 0 bridgehead atoms. The van der Waals surface area contributed by atoms with E-state index >= 15 is 0 Å². The highest BCUT2D eigenvalue weighted by atomic mass is 16.5. The maximum atomic E-state index is 12.1. The smallest absolute Gasteiger partial charge is 0.227 e. The van der Waals surface area contributed by atoms with Crippen molar-refractivity contribution >= 4 is 5.91 Å². The molecule has 98 valence electrons. The van der Waals surface area contributed by atoms with Gasteiger partial charge < -0.3 is 15.4 Å². The van der Waals surface area contributed by atoms with E-state index < -0.39 is 0 Å². The Morgan fingerprint density at radius 1 is 1.41 bits per heavy atom. The molecule has 0 aromatic rings. The third-order valence-electron chi connectivity index (χ3n) is 3.66. The van der Waals surface area contributed by atoms with E-state index in [0.717, 1.165) is 18.9 Å². The lowest BCUT2D eigenvalue weighted by molar-refractivity contribution is -0.126. The fourth-order valence-electron chi connectivity index (χ4n) is 2.54. The first-order valence-corrected chi connectivity index (χ1v) is 6.82. The Labute approximate surface area is 103 Å². The van der Waals surface area contributed by atoms with Gasteiger partial charge in [0.15, 0.2) is 0 Å². The molecular weight excluding hydrogens is 216 g/mol. The van der Waals surface area contributed by atoms with Crippen LogP contribution >= 0.6 is 0 Å². The van der Waals surface area contributed by atoms with Gasteiger partial charge in [0.1, 0.15) is 0 Å². The Hall–Kier alpha value is -0.610. The van der Waals surface area contributed by atoms with Gasteiger partial charge in [-0.25, -0.2) is 0 Å². The van der Waals surface area contributed by atoms with Crippen LogP contribution in [0.2, 0.25) is 0 Å². The average molecular weight is 240 g/mol. The summed E-state index contributed by atoms with van der Waals surface area (Å²) in [5.74, 6) is 0.993. The van der Waals surface area contributed by atoms with E-state index in [1.54, 1.807) is 0 Å². The monoisotopic (exact) mass is 240 g/mol. The second-order valence-electron chi connectivity index (χ2n) is 5.40. The minimum atomic E-state index is -0.0170. The molecule has 4 nitrogen and oxygen atoms in total. The molecule has 3 atom stereocenters. The van der Waals surface area contributed by atoms with Gasteiger partial charge in [-0.15, -0.1) is 0 Å². The van der Waals surface area contributed by atoms with Crippen LogP contribution in [0, 0.1) is 11.8 Å². The molecule has 1 aliphatic carbocycles. The van der Waals surface area contributed by atoms with Crippen molar-refractivity contribution in [3.8, 4) is 0 Å². The van der Waals surface area contributed by atoms with Crippen molar-refractivity contribution < 1.29 is 9.53 Å². The first-order chi connectivity index (χ1) is 8.20. The summed E-state index contributed by atoms with van der Waals surface area (Å²) in [6.45, 7) is 6.26. The van der Waals surface area contributed by atoms with E-state index in [-0.39, 0.29) is 17.9 Å². The summed E-state index contributed by atoms with van der Waals surface area (Å²) in [5.41, 5.74) is 0. The summed E-state index contributed by atoms with van der Waals surface area (Å²) in [5, 5.41) is 6.44. The number of amides is 1. The van der Waals surface area contributed by atoms with Gasteiger partial charge in [0, 0.05) is 12.1 Å². The van der Waals surface area contributed by atoms with Crippen molar-refractivity contribution in [3.05, 3.63) is 0 Å². The Bertz CT molecular complexity index is 266. The van der Waals surface area contributed by atoms with Crippen molar-refractivity contribution in [1.29, 1.82) is 0 Å². The van der Waals surface area contributed by atoms with Crippen LogP contribution < -0.4 is 10.6 Å². The third-order valence-corrected chi connectivity index (χ3v) is 3.66. The van der Waals surface area contributed by atoms with Crippen LogP contribution in [0.15, 0.2) is 0 Å². The molecule has 1 saturated carbocycles. The average Bonchev–Trinajstić information content (AvgIpc) is 2.95. The molecule has 2 aliphatic rings. The second-order valence-corrected chi connectivity index (χ2v) is 5.40. The number of nitrogens with one attached hydrogen (secondary N) is 2. The molecule has 1 saturated heterocycles. The summed E-state index contributed by atoms with van der Waals surface area (Å²) in [6, 6.07) is 0.492. The standard InChI is InChI=1S/C13H24N2O2/c1-3-14-12-8-17-7-11(12)13(16)15-9(2)6-10-4-5-10/h9-12,14H,3-8H2,1-2H3,(H,15,16). The number of carbonyl (C=O) groups excluding carboxylic acids is 1. The van der Waals surface area contributed by atoms with Crippen molar-refractivity contribution in [2.75, 3.05) is 19.8 Å². The molecule has 0 spiro atoms. The Kier molecular flexibility index (Phi) is 4.40. The Morgan fingerprint density at radius 3 is 2.82 bits per heavy atom. The molecule has 1 heterocycles. The minimum Gasteiger partial charge on any atom is -0.379 e. The molecule has 17 heavy (non-hydrogen) atoms. The number of rotatable bonds is 6. The first kappa shape index (κ1) is 12.8. The Balaban J connectivity index is 1.76. The largest absolute Gasteiger partial charge is 0.379 e. The summed E-state index contributed by atoms with van der Waals surface area (Å²) in [6.07, 6.45) is 3.81. The molecule has 4 heteroatoms. The fraction of sp³-hybridized carbons (Fsp3) is 0.923. The van der Waals surface area contributed by atoms with Crippen LogP contribution in [0.5, 0.6) is 0 Å². The molecule has 2 N–H and O–H groups in total. The second kappa shape index (κ2) is 5.83. The maximum absolute atomic E-state index is 12.1. The molecule has 2 fully saturated rings. The lowest BCUT2D eigenvalue weighted by Gasteiger charge is -2.20. The van der Waals surface area contributed by atoms with Gasteiger partial charge in [-0.2, -0.15) is 0 Å². The molecule has 1 amide bonds. The van der Waals surface area contributed by atoms with E-state index in [0.29, 0.717) is 19.3 Å². The summed E-state index contributed by atoms with van der Waals surface area (Å²) < 4.78 is 5.40. The highest BCUT2D eigenvalue weighted by Crippen LogP contribution is 2.33. The molecule has 3 unspecified atom stereocenters. The first-order valence-electron chi connectivity index (χ1n) is 6.82. The zero-order chi connectivity index (χ0) is 12.3. The molecule has 0 aromatic heterocycles.